The fraction of sp³-hybridized carbons (Fsp3) is 0.381. The van der Waals surface area contributed by atoms with E-state index in [-0.39, 0.29) is 23.8 Å². The highest BCUT2D eigenvalue weighted by Crippen LogP contribution is 2.42. The fourth-order valence-corrected chi connectivity index (χ4v) is 4.37. The number of amides is 1. The van der Waals surface area contributed by atoms with Crippen molar-refractivity contribution in [2.24, 2.45) is 17.6 Å². The Morgan fingerprint density at radius 1 is 1.29 bits per heavy atom. The van der Waals surface area contributed by atoms with Crippen LogP contribution in [0.15, 0.2) is 42.7 Å². The standard InChI is InChI=1S/C21H23N5O2/c22-9-14-3-1-2-4-20(14)28-16-7-15(11-24-12-16)13-5-6-17-18(8-13)19(10-23)25-26-21(17)27/h1-4,7,11-13,17-19,25H,5-6,8,10,23H2,(H,26,27). The summed E-state index contributed by atoms with van der Waals surface area (Å²) in [4.78, 5) is 16.5. The van der Waals surface area contributed by atoms with Crippen LogP contribution in [0.5, 0.6) is 11.5 Å². The van der Waals surface area contributed by atoms with Gasteiger partial charge < -0.3 is 10.5 Å². The third kappa shape index (κ3) is 3.57. The lowest BCUT2D eigenvalue weighted by Crippen LogP contribution is -2.62. The Balaban J connectivity index is 1.53. The van der Waals surface area contributed by atoms with Gasteiger partial charge >= 0.3 is 0 Å². The number of pyridine rings is 1. The van der Waals surface area contributed by atoms with Crippen molar-refractivity contribution < 1.29 is 9.53 Å². The monoisotopic (exact) mass is 377 g/mol. The van der Waals surface area contributed by atoms with Gasteiger partial charge in [-0.05, 0) is 54.9 Å². The topological polar surface area (TPSA) is 113 Å². The molecule has 2 aliphatic rings. The number of hydrazine groups is 1. The number of benzene rings is 1. The molecule has 2 aromatic rings. The van der Waals surface area contributed by atoms with E-state index in [1.807, 2.05) is 18.3 Å². The van der Waals surface area contributed by atoms with Gasteiger partial charge in [-0.3, -0.25) is 15.2 Å². The van der Waals surface area contributed by atoms with Gasteiger partial charge in [0.1, 0.15) is 17.6 Å². The van der Waals surface area contributed by atoms with E-state index in [1.54, 1.807) is 24.4 Å². The molecule has 1 aromatic carbocycles. The van der Waals surface area contributed by atoms with E-state index in [0.717, 1.165) is 24.8 Å². The molecule has 1 saturated heterocycles. The first-order valence-corrected chi connectivity index (χ1v) is 9.57. The summed E-state index contributed by atoms with van der Waals surface area (Å²) >= 11 is 0. The maximum Gasteiger partial charge on any atom is 0.237 e. The van der Waals surface area contributed by atoms with Crippen LogP contribution in [0.2, 0.25) is 0 Å². The van der Waals surface area contributed by atoms with Crippen LogP contribution < -0.4 is 21.3 Å². The quantitative estimate of drug-likeness (QED) is 0.753. The third-order valence-electron chi connectivity index (χ3n) is 5.83. The van der Waals surface area contributed by atoms with Gasteiger partial charge in [0.05, 0.1) is 11.8 Å². The zero-order valence-electron chi connectivity index (χ0n) is 15.5. The highest BCUT2D eigenvalue weighted by molar-refractivity contribution is 5.79. The van der Waals surface area contributed by atoms with Gasteiger partial charge in [0.25, 0.3) is 0 Å². The van der Waals surface area contributed by atoms with Crippen LogP contribution in [0.3, 0.4) is 0 Å². The molecule has 1 aliphatic heterocycles. The van der Waals surface area contributed by atoms with Crippen molar-refractivity contribution in [1.29, 1.82) is 5.26 Å². The average molecular weight is 377 g/mol. The van der Waals surface area contributed by atoms with E-state index < -0.39 is 0 Å². The number of nitrogens with two attached hydrogens (primary N) is 1. The summed E-state index contributed by atoms with van der Waals surface area (Å²) in [6.07, 6.45) is 6.16. The average Bonchev–Trinajstić information content (AvgIpc) is 2.74. The maximum absolute atomic E-state index is 12.2. The SMILES string of the molecule is N#Cc1ccccc1Oc1cncc(C2CCC3C(=O)NNC(CN)C3C2)c1. The minimum absolute atomic E-state index is 0.0148. The van der Waals surface area contributed by atoms with Crippen molar-refractivity contribution in [1.82, 2.24) is 15.8 Å². The highest BCUT2D eigenvalue weighted by Gasteiger charge is 2.42. The van der Waals surface area contributed by atoms with Crippen molar-refractivity contribution in [2.45, 2.75) is 31.2 Å². The van der Waals surface area contributed by atoms with Gasteiger partial charge in [0, 0.05) is 24.7 Å². The molecule has 1 aromatic heterocycles. The smallest absolute Gasteiger partial charge is 0.237 e. The second-order valence-corrected chi connectivity index (χ2v) is 7.42. The van der Waals surface area contributed by atoms with E-state index in [1.165, 1.54) is 0 Å². The maximum atomic E-state index is 12.2. The summed E-state index contributed by atoms with van der Waals surface area (Å²) in [5.41, 5.74) is 13.3. The Hall–Kier alpha value is -2.95. The first-order chi connectivity index (χ1) is 13.7. The number of ether oxygens (including phenoxy) is 1. The normalized spacial score (nSPS) is 26.6. The van der Waals surface area contributed by atoms with E-state index in [2.05, 4.69) is 21.9 Å². The predicted octanol–water partition coefficient (Wildman–Crippen LogP) is 2.21. The van der Waals surface area contributed by atoms with E-state index in [9.17, 15) is 10.1 Å². The van der Waals surface area contributed by atoms with Crippen LogP contribution in [-0.2, 0) is 4.79 Å². The molecule has 0 spiro atoms. The molecule has 0 radical (unpaired) electrons. The van der Waals surface area contributed by atoms with Crippen LogP contribution in [0.25, 0.3) is 0 Å². The fourth-order valence-electron chi connectivity index (χ4n) is 4.37. The number of nitriles is 1. The molecule has 4 N–H and O–H groups in total. The number of hydrogen-bond donors (Lipinski definition) is 3. The molecule has 2 fully saturated rings. The van der Waals surface area contributed by atoms with E-state index in [4.69, 9.17) is 10.5 Å². The Morgan fingerprint density at radius 3 is 2.96 bits per heavy atom. The molecular weight excluding hydrogens is 354 g/mol. The molecule has 7 nitrogen and oxygen atoms in total. The second-order valence-electron chi connectivity index (χ2n) is 7.42. The molecule has 4 rings (SSSR count). The van der Waals surface area contributed by atoms with Crippen LogP contribution in [0.1, 0.15) is 36.3 Å². The third-order valence-corrected chi connectivity index (χ3v) is 5.83. The van der Waals surface area contributed by atoms with Gasteiger partial charge in [-0.25, -0.2) is 5.43 Å². The number of para-hydroxylation sites is 1. The molecule has 7 heteroatoms. The molecule has 1 aliphatic carbocycles. The van der Waals surface area contributed by atoms with Crippen LogP contribution in [0, 0.1) is 23.2 Å². The lowest BCUT2D eigenvalue weighted by molar-refractivity contribution is -0.133. The van der Waals surface area contributed by atoms with Gasteiger partial charge in [-0.2, -0.15) is 5.26 Å². The Kier molecular flexibility index (Phi) is 5.24. The van der Waals surface area contributed by atoms with Crippen LogP contribution in [0.4, 0.5) is 0 Å². The van der Waals surface area contributed by atoms with Gasteiger partial charge in [0.2, 0.25) is 5.91 Å². The van der Waals surface area contributed by atoms with E-state index in [0.29, 0.717) is 29.5 Å². The summed E-state index contributed by atoms with van der Waals surface area (Å²) in [6.45, 7) is 0.487. The number of hydrogen-bond acceptors (Lipinski definition) is 6. The lowest BCUT2D eigenvalue weighted by Gasteiger charge is -2.43. The minimum atomic E-state index is 0.0148. The number of rotatable bonds is 4. The summed E-state index contributed by atoms with van der Waals surface area (Å²) in [5.74, 6) is 1.71. The van der Waals surface area contributed by atoms with Gasteiger partial charge in [0.15, 0.2) is 0 Å². The second kappa shape index (κ2) is 7.97. The molecule has 0 bridgehead atoms. The van der Waals surface area contributed by atoms with Gasteiger partial charge in [-0.1, -0.05) is 12.1 Å². The number of nitrogens with one attached hydrogen (secondary N) is 2. The molecular formula is C21H23N5O2. The van der Waals surface area contributed by atoms with Crippen molar-refractivity contribution in [3.05, 3.63) is 53.9 Å². The molecule has 4 unspecified atom stereocenters. The summed E-state index contributed by atoms with van der Waals surface area (Å²) in [6, 6.07) is 11.3. The first kappa shape index (κ1) is 18.4. The number of aromatic nitrogens is 1. The highest BCUT2D eigenvalue weighted by atomic mass is 16.5. The lowest BCUT2D eigenvalue weighted by atomic mass is 9.68. The largest absolute Gasteiger partial charge is 0.454 e. The first-order valence-electron chi connectivity index (χ1n) is 9.57. The van der Waals surface area contributed by atoms with Crippen LogP contribution in [-0.4, -0.2) is 23.5 Å². The molecule has 1 amide bonds. The van der Waals surface area contributed by atoms with E-state index >= 15 is 0 Å². The van der Waals surface area contributed by atoms with Crippen molar-refractivity contribution >= 4 is 5.91 Å². The van der Waals surface area contributed by atoms with Gasteiger partial charge in [-0.15, -0.1) is 0 Å². The zero-order chi connectivity index (χ0) is 19.5. The molecule has 1 saturated carbocycles. The van der Waals surface area contributed by atoms with Crippen molar-refractivity contribution in [3.63, 3.8) is 0 Å². The van der Waals surface area contributed by atoms with Crippen molar-refractivity contribution in [3.8, 4) is 17.6 Å². The number of carbonyl (C=O) groups is 1. The summed E-state index contributed by atoms with van der Waals surface area (Å²) in [7, 11) is 0. The number of fused-ring (bicyclic) bond motifs is 1. The van der Waals surface area contributed by atoms with Crippen molar-refractivity contribution in [2.75, 3.05) is 6.54 Å². The molecule has 144 valence electrons. The Morgan fingerprint density at radius 2 is 2.14 bits per heavy atom. The Labute approximate surface area is 163 Å². The number of nitrogens with zero attached hydrogens (tertiary/aromatic N) is 2. The molecule has 4 atom stereocenters. The summed E-state index contributed by atoms with van der Waals surface area (Å²) < 4.78 is 5.92. The van der Waals surface area contributed by atoms with Crippen LogP contribution >= 0.6 is 0 Å². The predicted molar refractivity (Wildman–Crippen MR) is 103 cm³/mol. The molecule has 28 heavy (non-hydrogen) atoms. The number of carbonyl (C=O) groups excluding carboxylic acids is 1. The summed E-state index contributed by atoms with van der Waals surface area (Å²) in [5, 5.41) is 9.24. The zero-order valence-corrected chi connectivity index (χ0v) is 15.5. The minimum Gasteiger partial charge on any atom is -0.454 e. The molecule has 2 heterocycles. The Bertz CT molecular complexity index is 910.